The minimum Gasteiger partial charge on any atom is -0.372 e. The molecule has 0 atom stereocenters. The van der Waals surface area contributed by atoms with Crippen LogP contribution in [0.3, 0.4) is 0 Å². The number of nitrogens with zero attached hydrogens (tertiary/aromatic N) is 2. The van der Waals surface area contributed by atoms with Gasteiger partial charge in [-0.2, -0.15) is 5.26 Å². The molecule has 4 aromatic carbocycles. The average molecular weight is 400 g/mol. The second kappa shape index (κ2) is 9.55. The second-order valence-corrected chi connectivity index (χ2v) is 7.23. The molecule has 0 aromatic heterocycles. The molecule has 0 spiro atoms. The monoisotopic (exact) mass is 400 g/mol. The van der Waals surface area contributed by atoms with E-state index in [1.165, 1.54) is 0 Å². The summed E-state index contributed by atoms with van der Waals surface area (Å²) in [5.41, 5.74) is 7.99. The first-order valence-corrected chi connectivity index (χ1v) is 9.99. The van der Waals surface area contributed by atoms with Gasteiger partial charge in [-0.25, -0.2) is 4.85 Å². The molecule has 0 radical (unpaired) electrons. The van der Waals surface area contributed by atoms with Crippen molar-refractivity contribution >= 4 is 5.69 Å². The van der Waals surface area contributed by atoms with Crippen molar-refractivity contribution in [2.24, 2.45) is 0 Å². The van der Waals surface area contributed by atoms with E-state index in [-0.39, 0.29) is 0 Å². The highest BCUT2D eigenvalue weighted by Crippen LogP contribution is 2.24. The molecule has 0 saturated carbocycles. The van der Waals surface area contributed by atoms with Crippen molar-refractivity contribution in [3.8, 4) is 28.3 Å². The van der Waals surface area contributed by atoms with Crippen LogP contribution in [0, 0.1) is 17.9 Å². The van der Waals surface area contributed by atoms with Crippen LogP contribution < -0.4 is 0 Å². The molecule has 0 heterocycles. The van der Waals surface area contributed by atoms with Gasteiger partial charge in [0, 0.05) is 0 Å². The van der Waals surface area contributed by atoms with Gasteiger partial charge in [0.1, 0.15) is 0 Å². The lowest BCUT2D eigenvalue weighted by Gasteiger charge is -2.08. The highest BCUT2D eigenvalue weighted by Gasteiger charge is 2.02. The molecule has 0 aliphatic heterocycles. The van der Waals surface area contributed by atoms with Gasteiger partial charge in [-0.15, -0.1) is 0 Å². The van der Waals surface area contributed by atoms with Gasteiger partial charge in [0.05, 0.1) is 31.4 Å². The van der Waals surface area contributed by atoms with E-state index in [2.05, 4.69) is 59.4 Å². The first-order valence-electron chi connectivity index (χ1n) is 9.99. The summed E-state index contributed by atoms with van der Waals surface area (Å²) in [6, 6.07) is 34.0. The van der Waals surface area contributed by atoms with Crippen LogP contribution in [0.25, 0.3) is 27.1 Å². The molecule has 0 saturated heterocycles. The largest absolute Gasteiger partial charge is 0.372 e. The summed E-state index contributed by atoms with van der Waals surface area (Å²) in [7, 11) is 0. The third-order valence-electron chi connectivity index (χ3n) is 5.12. The Morgan fingerprint density at radius 1 is 0.613 bits per heavy atom. The quantitative estimate of drug-likeness (QED) is 0.322. The number of hydrogen-bond acceptors (Lipinski definition) is 2. The molecule has 0 N–H and O–H groups in total. The first kappa shape index (κ1) is 20.1. The molecule has 0 aliphatic rings. The zero-order valence-electron chi connectivity index (χ0n) is 17.0. The van der Waals surface area contributed by atoms with Crippen LogP contribution in [0.1, 0.15) is 16.7 Å². The second-order valence-electron chi connectivity index (χ2n) is 7.23. The van der Waals surface area contributed by atoms with Crippen molar-refractivity contribution in [1.29, 1.82) is 5.26 Å². The van der Waals surface area contributed by atoms with Crippen molar-refractivity contribution in [2.75, 3.05) is 0 Å². The lowest BCUT2D eigenvalue weighted by atomic mass is 10.0. The summed E-state index contributed by atoms with van der Waals surface area (Å²) in [6.07, 6.45) is 0. The van der Waals surface area contributed by atoms with Crippen molar-refractivity contribution in [2.45, 2.75) is 13.2 Å². The van der Waals surface area contributed by atoms with Gasteiger partial charge in [-0.1, -0.05) is 84.9 Å². The number of nitriles is 1. The molecule has 31 heavy (non-hydrogen) atoms. The predicted molar refractivity (Wildman–Crippen MR) is 123 cm³/mol. The number of benzene rings is 4. The van der Waals surface area contributed by atoms with E-state index in [1.807, 2.05) is 48.5 Å². The maximum atomic E-state index is 8.91. The van der Waals surface area contributed by atoms with Gasteiger partial charge in [0.15, 0.2) is 5.69 Å². The minimum absolute atomic E-state index is 0.549. The molecule has 148 valence electrons. The summed E-state index contributed by atoms with van der Waals surface area (Å²) in [4.78, 5) is 3.43. The van der Waals surface area contributed by atoms with Crippen LogP contribution in [0.4, 0.5) is 5.69 Å². The van der Waals surface area contributed by atoms with Crippen LogP contribution in [-0.2, 0) is 18.0 Å². The van der Waals surface area contributed by atoms with E-state index in [1.54, 1.807) is 0 Å². The average Bonchev–Trinajstić information content (AvgIpc) is 2.85. The maximum absolute atomic E-state index is 8.91. The number of hydrogen-bond donors (Lipinski definition) is 0. The Bertz CT molecular complexity index is 1120. The van der Waals surface area contributed by atoms with Crippen LogP contribution in [-0.4, -0.2) is 0 Å². The Kier molecular flexibility index (Phi) is 6.19. The Labute approximate surface area is 182 Å². The fraction of sp³-hybridized carbons (Fsp3) is 0.0714. The maximum Gasteiger partial charge on any atom is 0.187 e. The van der Waals surface area contributed by atoms with Gasteiger partial charge < -0.3 is 4.74 Å². The predicted octanol–water partition coefficient (Wildman–Crippen LogP) is 7.16. The minimum atomic E-state index is 0.549. The van der Waals surface area contributed by atoms with Gasteiger partial charge >= 0.3 is 0 Å². The van der Waals surface area contributed by atoms with Crippen LogP contribution in [0.5, 0.6) is 0 Å². The number of ether oxygens (including phenoxy) is 1. The van der Waals surface area contributed by atoms with E-state index in [0.717, 1.165) is 33.4 Å². The Hall–Kier alpha value is -4.18. The summed E-state index contributed by atoms with van der Waals surface area (Å²) in [6.45, 7) is 8.14. The molecule has 0 fully saturated rings. The lowest BCUT2D eigenvalue weighted by molar-refractivity contribution is 0.107. The molecule has 4 aromatic rings. The molecule has 0 bridgehead atoms. The highest BCUT2D eigenvalue weighted by atomic mass is 16.5. The van der Waals surface area contributed by atoms with Crippen LogP contribution >= 0.6 is 0 Å². The van der Waals surface area contributed by atoms with Crippen molar-refractivity contribution in [3.05, 3.63) is 125 Å². The van der Waals surface area contributed by atoms with Gasteiger partial charge in [-0.3, -0.25) is 0 Å². The van der Waals surface area contributed by atoms with E-state index in [0.29, 0.717) is 24.5 Å². The van der Waals surface area contributed by atoms with E-state index in [9.17, 15) is 0 Å². The van der Waals surface area contributed by atoms with Gasteiger partial charge in [0.2, 0.25) is 0 Å². The topological polar surface area (TPSA) is 37.4 Å². The summed E-state index contributed by atoms with van der Waals surface area (Å²) >= 11 is 0. The third-order valence-corrected chi connectivity index (χ3v) is 5.12. The normalized spacial score (nSPS) is 10.3. The third kappa shape index (κ3) is 5.06. The van der Waals surface area contributed by atoms with E-state index in [4.69, 9.17) is 16.6 Å². The smallest absolute Gasteiger partial charge is 0.187 e. The van der Waals surface area contributed by atoms with Crippen molar-refractivity contribution in [1.82, 2.24) is 0 Å². The van der Waals surface area contributed by atoms with Crippen molar-refractivity contribution < 1.29 is 4.74 Å². The summed E-state index contributed by atoms with van der Waals surface area (Å²) in [5.74, 6) is 0. The molecular weight excluding hydrogens is 380 g/mol. The molecule has 3 nitrogen and oxygen atoms in total. The van der Waals surface area contributed by atoms with Crippen molar-refractivity contribution in [3.63, 3.8) is 0 Å². The molecule has 4 rings (SSSR count). The van der Waals surface area contributed by atoms with Crippen LogP contribution in [0.2, 0.25) is 0 Å². The van der Waals surface area contributed by atoms with Gasteiger partial charge in [-0.05, 0) is 45.5 Å². The summed E-state index contributed by atoms with van der Waals surface area (Å²) in [5, 5.41) is 8.91. The zero-order valence-corrected chi connectivity index (χ0v) is 17.0. The molecule has 0 unspecified atom stereocenters. The van der Waals surface area contributed by atoms with E-state index < -0.39 is 0 Å². The lowest BCUT2D eigenvalue weighted by Crippen LogP contribution is -1.94. The highest BCUT2D eigenvalue weighted by molar-refractivity contribution is 5.66. The molecule has 0 aliphatic carbocycles. The molecular formula is C28H20N2O. The summed E-state index contributed by atoms with van der Waals surface area (Å²) < 4.78 is 5.89. The molecule has 3 heteroatoms. The van der Waals surface area contributed by atoms with Crippen LogP contribution in [0.15, 0.2) is 97.1 Å². The van der Waals surface area contributed by atoms with Gasteiger partial charge in [0.25, 0.3) is 0 Å². The SMILES string of the molecule is [C-]#[N+]c1ccc(-c2ccc(COCc3ccc(-c4ccc(C#N)cc4)cc3)cc2)cc1. The Morgan fingerprint density at radius 3 is 1.39 bits per heavy atom. The Balaban J connectivity index is 1.31. The van der Waals surface area contributed by atoms with E-state index >= 15 is 0 Å². The standard InChI is InChI=1S/C28H20N2O/c1-30-28-16-14-27(15-17-28)26-12-6-23(7-13-26)20-31-19-22-4-10-25(11-5-22)24-8-2-21(18-29)3-9-24/h2-17H,19-20H2. The number of rotatable bonds is 6. The first-order chi connectivity index (χ1) is 15.2. The fourth-order valence-corrected chi connectivity index (χ4v) is 3.34. The fourth-order valence-electron chi connectivity index (χ4n) is 3.34. The Morgan fingerprint density at radius 2 is 1.00 bits per heavy atom. The zero-order chi connectivity index (χ0) is 21.5. The molecule has 0 amide bonds.